The smallest absolute Gasteiger partial charge is 0.0931 e. The van der Waals surface area contributed by atoms with Crippen molar-refractivity contribution >= 4 is 34.5 Å². The van der Waals surface area contributed by atoms with Crippen molar-refractivity contribution in [3.63, 3.8) is 0 Å². The van der Waals surface area contributed by atoms with Crippen molar-refractivity contribution < 1.29 is 0 Å². The molecule has 1 heterocycles. The van der Waals surface area contributed by atoms with Crippen LogP contribution >= 0.6 is 34.5 Å². The molecule has 0 spiro atoms. The number of halogens is 2. The molecular formula is C13H12Cl2S. The summed E-state index contributed by atoms with van der Waals surface area (Å²) in [6.45, 7) is 4.20. The van der Waals surface area contributed by atoms with Gasteiger partial charge in [-0.2, -0.15) is 0 Å². The monoisotopic (exact) mass is 270 g/mol. The van der Waals surface area contributed by atoms with Crippen LogP contribution in [0.4, 0.5) is 0 Å². The number of hydrogen-bond donors (Lipinski definition) is 0. The Morgan fingerprint density at radius 3 is 2.38 bits per heavy atom. The fraction of sp³-hybridized carbons (Fsp3) is 0.231. The van der Waals surface area contributed by atoms with Crippen LogP contribution in [0, 0.1) is 13.8 Å². The Labute approximate surface area is 110 Å². The van der Waals surface area contributed by atoms with Gasteiger partial charge in [0.25, 0.3) is 0 Å². The van der Waals surface area contributed by atoms with Crippen LogP contribution in [0.25, 0.3) is 0 Å². The van der Waals surface area contributed by atoms with Gasteiger partial charge in [0, 0.05) is 4.88 Å². The third-order valence-corrected chi connectivity index (χ3v) is 4.58. The minimum atomic E-state index is -0.100. The van der Waals surface area contributed by atoms with Crippen LogP contribution in [-0.4, -0.2) is 0 Å². The van der Waals surface area contributed by atoms with Crippen molar-refractivity contribution in [2.24, 2.45) is 0 Å². The van der Waals surface area contributed by atoms with Crippen molar-refractivity contribution in [1.29, 1.82) is 0 Å². The van der Waals surface area contributed by atoms with Gasteiger partial charge in [-0.05, 0) is 42.7 Å². The Morgan fingerprint density at radius 1 is 1.06 bits per heavy atom. The zero-order valence-corrected chi connectivity index (χ0v) is 11.5. The quantitative estimate of drug-likeness (QED) is 0.646. The van der Waals surface area contributed by atoms with Crippen molar-refractivity contribution in [3.8, 4) is 0 Å². The summed E-state index contributed by atoms with van der Waals surface area (Å²) in [5.41, 5.74) is 3.69. The standard InChI is InChI=1S/C13H12Cl2S/c1-8-3-4-10(7-9(8)2)13(15)11-5-6-12(14)16-11/h3-7,13H,1-2H3. The van der Waals surface area contributed by atoms with Gasteiger partial charge in [0.1, 0.15) is 0 Å². The predicted octanol–water partition coefficient (Wildman–Crippen LogP) is 5.35. The lowest BCUT2D eigenvalue weighted by Crippen LogP contribution is -1.92. The highest BCUT2D eigenvalue weighted by atomic mass is 35.5. The van der Waals surface area contributed by atoms with Crippen LogP contribution in [0.5, 0.6) is 0 Å². The predicted molar refractivity (Wildman–Crippen MR) is 72.9 cm³/mol. The molecule has 0 bridgehead atoms. The average molecular weight is 271 g/mol. The molecule has 0 amide bonds. The first-order valence-corrected chi connectivity index (χ1v) is 6.67. The van der Waals surface area contributed by atoms with Gasteiger partial charge in [0.2, 0.25) is 0 Å². The zero-order chi connectivity index (χ0) is 11.7. The first kappa shape index (κ1) is 12.0. The van der Waals surface area contributed by atoms with E-state index >= 15 is 0 Å². The van der Waals surface area contributed by atoms with Gasteiger partial charge in [0.05, 0.1) is 9.71 Å². The number of thiophene rings is 1. The number of benzene rings is 1. The SMILES string of the molecule is Cc1ccc(C(Cl)c2ccc(Cl)s2)cc1C. The lowest BCUT2D eigenvalue weighted by atomic mass is 10.0. The van der Waals surface area contributed by atoms with Crippen molar-refractivity contribution in [3.05, 3.63) is 56.2 Å². The van der Waals surface area contributed by atoms with Gasteiger partial charge in [0.15, 0.2) is 0 Å². The second-order valence-electron chi connectivity index (χ2n) is 3.85. The first-order chi connectivity index (χ1) is 7.58. The number of aryl methyl sites for hydroxylation is 2. The van der Waals surface area contributed by atoms with E-state index in [2.05, 4.69) is 32.0 Å². The molecule has 0 aliphatic carbocycles. The fourth-order valence-corrected chi connectivity index (χ4v) is 2.96. The Balaban J connectivity index is 2.33. The first-order valence-electron chi connectivity index (χ1n) is 5.04. The molecule has 3 heteroatoms. The molecule has 0 aliphatic heterocycles. The summed E-state index contributed by atoms with van der Waals surface area (Å²) in [5.74, 6) is 0. The normalized spacial score (nSPS) is 12.8. The molecule has 2 rings (SSSR count). The summed E-state index contributed by atoms with van der Waals surface area (Å²) >= 11 is 13.9. The second-order valence-corrected chi connectivity index (χ2v) is 6.03. The molecule has 84 valence electrons. The summed E-state index contributed by atoms with van der Waals surface area (Å²) in [6.07, 6.45) is 0. The van der Waals surface area contributed by atoms with Crippen molar-refractivity contribution in [2.45, 2.75) is 19.2 Å². The highest BCUT2D eigenvalue weighted by Gasteiger charge is 2.13. The van der Waals surface area contributed by atoms with Crippen LogP contribution in [0.3, 0.4) is 0 Å². The molecule has 0 N–H and O–H groups in total. The average Bonchev–Trinajstić information content (AvgIpc) is 2.68. The van der Waals surface area contributed by atoms with E-state index in [4.69, 9.17) is 23.2 Å². The third-order valence-electron chi connectivity index (χ3n) is 2.67. The maximum atomic E-state index is 6.42. The maximum absolute atomic E-state index is 6.42. The largest absolute Gasteiger partial charge is 0.127 e. The molecule has 0 radical (unpaired) electrons. The Bertz CT molecular complexity index is 502. The van der Waals surface area contributed by atoms with Crippen molar-refractivity contribution in [1.82, 2.24) is 0 Å². The van der Waals surface area contributed by atoms with Gasteiger partial charge < -0.3 is 0 Å². The summed E-state index contributed by atoms with van der Waals surface area (Å²) in [4.78, 5) is 1.09. The van der Waals surface area contributed by atoms with Gasteiger partial charge in [-0.25, -0.2) is 0 Å². The van der Waals surface area contributed by atoms with Crippen molar-refractivity contribution in [2.75, 3.05) is 0 Å². The van der Waals surface area contributed by atoms with Crippen LogP contribution in [0.1, 0.15) is 26.9 Å². The lowest BCUT2D eigenvalue weighted by molar-refractivity contribution is 1.16. The molecule has 2 aromatic rings. The summed E-state index contributed by atoms with van der Waals surface area (Å²) in [7, 11) is 0. The van der Waals surface area contributed by atoms with Crippen LogP contribution < -0.4 is 0 Å². The second kappa shape index (κ2) is 4.79. The van der Waals surface area contributed by atoms with Gasteiger partial charge in [-0.3, -0.25) is 0 Å². The molecule has 0 saturated heterocycles. The summed E-state index contributed by atoms with van der Waals surface area (Å²) in [6, 6.07) is 10.2. The topological polar surface area (TPSA) is 0 Å². The zero-order valence-electron chi connectivity index (χ0n) is 9.13. The molecule has 1 unspecified atom stereocenters. The summed E-state index contributed by atoms with van der Waals surface area (Å²) in [5, 5.41) is -0.100. The maximum Gasteiger partial charge on any atom is 0.0931 e. The molecule has 0 saturated carbocycles. The van der Waals surface area contributed by atoms with E-state index in [9.17, 15) is 0 Å². The van der Waals surface area contributed by atoms with Crippen LogP contribution in [0.2, 0.25) is 4.34 Å². The fourth-order valence-electron chi connectivity index (χ4n) is 1.55. The Morgan fingerprint density at radius 2 is 1.81 bits per heavy atom. The van der Waals surface area contributed by atoms with Crippen LogP contribution in [0.15, 0.2) is 30.3 Å². The molecular weight excluding hydrogens is 259 g/mol. The van der Waals surface area contributed by atoms with E-state index in [1.54, 1.807) is 0 Å². The number of alkyl halides is 1. The minimum absolute atomic E-state index is 0.100. The number of rotatable bonds is 2. The lowest BCUT2D eigenvalue weighted by Gasteiger charge is -2.09. The van der Waals surface area contributed by atoms with E-state index in [1.807, 2.05) is 12.1 Å². The molecule has 1 aromatic heterocycles. The van der Waals surface area contributed by atoms with E-state index in [0.717, 1.165) is 14.8 Å². The van der Waals surface area contributed by atoms with E-state index in [0.29, 0.717) is 0 Å². The van der Waals surface area contributed by atoms with E-state index in [1.165, 1.54) is 22.5 Å². The van der Waals surface area contributed by atoms with Gasteiger partial charge in [-0.1, -0.05) is 29.8 Å². The highest BCUT2D eigenvalue weighted by Crippen LogP contribution is 2.35. The molecule has 0 aliphatic rings. The summed E-state index contributed by atoms with van der Waals surface area (Å²) < 4.78 is 0.782. The molecule has 1 atom stereocenters. The van der Waals surface area contributed by atoms with E-state index in [-0.39, 0.29) is 5.38 Å². The molecule has 16 heavy (non-hydrogen) atoms. The molecule has 1 aromatic carbocycles. The third kappa shape index (κ3) is 2.42. The Hall–Kier alpha value is -0.500. The van der Waals surface area contributed by atoms with E-state index < -0.39 is 0 Å². The number of hydrogen-bond acceptors (Lipinski definition) is 1. The van der Waals surface area contributed by atoms with Gasteiger partial charge >= 0.3 is 0 Å². The van der Waals surface area contributed by atoms with Crippen LogP contribution in [-0.2, 0) is 0 Å². The highest BCUT2D eigenvalue weighted by molar-refractivity contribution is 7.16. The molecule has 0 nitrogen and oxygen atoms in total. The van der Waals surface area contributed by atoms with Gasteiger partial charge in [-0.15, -0.1) is 22.9 Å². The Kier molecular flexibility index (Phi) is 3.58. The minimum Gasteiger partial charge on any atom is -0.127 e. The molecule has 0 fully saturated rings.